The van der Waals surface area contributed by atoms with Crippen LogP contribution in [0.2, 0.25) is 0 Å². The summed E-state index contributed by atoms with van der Waals surface area (Å²) in [7, 11) is 0. The third-order valence-corrected chi connectivity index (χ3v) is 8.46. The summed E-state index contributed by atoms with van der Waals surface area (Å²) < 4.78 is 2.05. The first-order valence-electron chi connectivity index (χ1n) is 12.4. The number of fused-ring (bicyclic) bond motifs is 1. The fourth-order valence-electron chi connectivity index (χ4n) is 4.92. The topological polar surface area (TPSA) is 66.7 Å². The van der Waals surface area contributed by atoms with E-state index in [1.165, 1.54) is 11.8 Å². The second kappa shape index (κ2) is 10.2. The zero-order valence-corrected chi connectivity index (χ0v) is 22.4. The summed E-state index contributed by atoms with van der Waals surface area (Å²) in [6.45, 7) is 6.19. The van der Waals surface area contributed by atoms with Crippen LogP contribution in [0.4, 0.5) is 5.82 Å². The van der Waals surface area contributed by atoms with Crippen molar-refractivity contribution in [3.63, 3.8) is 0 Å². The van der Waals surface area contributed by atoms with Crippen LogP contribution in [0.3, 0.4) is 0 Å². The van der Waals surface area contributed by atoms with E-state index in [0.717, 1.165) is 36.8 Å². The Morgan fingerprint density at radius 3 is 2.56 bits per heavy atom. The lowest BCUT2D eigenvalue weighted by Crippen LogP contribution is -2.31. The molecule has 36 heavy (non-hydrogen) atoms. The summed E-state index contributed by atoms with van der Waals surface area (Å²) in [4.78, 5) is 34.1. The van der Waals surface area contributed by atoms with Crippen molar-refractivity contribution in [1.29, 1.82) is 0 Å². The second-order valence-corrected chi connectivity index (χ2v) is 11.5. The number of aromatic nitrogens is 2. The number of hydrogen-bond acceptors (Lipinski definition) is 6. The highest BCUT2D eigenvalue weighted by molar-refractivity contribution is 8.26. The molecule has 1 aliphatic heterocycles. The number of carbonyl (C=O) groups is 1. The number of amides is 1. The fraction of sp³-hybridized carbons (Fsp3) is 0.357. The van der Waals surface area contributed by atoms with Crippen molar-refractivity contribution in [2.45, 2.75) is 58.5 Å². The number of thiocarbonyl (C=S) groups is 1. The van der Waals surface area contributed by atoms with Gasteiger partial charge in [-0.1, -0.05) is 67.3 Å². The first kappa shape index (κ1) is 24.7. The van der Waals surface area contributed by atoms with E-state index in [4.69, 9.17) is 17.2 Å². The molecule has 1 saturated heterocycles. The van der Waals surface area contributed by atoms with Crippen molar-refractivity contribution >= 4 is 51.7 Å². The van der Waals surface area contributed by atoms with Gasteiger partial charge in [0.1, 0.15) is 15.8 Å². The molecule has 2 aliphatic rings. The minimum Gasteiger partial charge on any atom is -0.367 e. The van der Waals surface area contributed by atoms with Crippen LogP contribution < -0.4 is 10.9 Å². The van der Waals surface area contributed by atoms with Crippen molar-refractivity contribution < 1.29 is 4.79 Å². The highest BCUT2D eigenvalue weighted by Gasteiger charge is 2.36. The summed E-state index contributed by atoms with van der Waals surface area (Å²) >= 11 is 6.84. The molecule has 0 spiro atoms. The first-order valence-corrected chi connectivity index (χ1v) is 13.7. The molecule has 2 fully saturated rings. The third-order valence-electron chi connectivity index (χ3n) is 7.13. The highest BCUT2D eigenvalue weighted by Crippen LogP contribution is 2.38. The van der Waals surface area contributed by atoms with Gasteiger partial charge in [-0.05, 0) is 68.7 Å². The van der Waals surface area contributed by atoms with Gasteiger partial charge >= 0.3 is 0 Å². The number of thioether (sulfide) groups is 1. The number of aryl methyl sites for hydroxylation is 1. The minimum atomic E-state index is -0.204. The molecule has 1 N–H and O–H groups in total. The van der Waals surface area contributed by atoms with E-state index in [2.05, 4.69) is 12.2 Å². The van der Waals surface area contributed by atoms with Crippen LogP contribution in [0.1, 0.15) is 62.3 Å². The van der Waals surface area contributed by atoms with Gasteiger partial charge in [0.2, 0.25) is 0 Å². The second-order valence-electron chi connectivity index (χ2n) is 9.85. The summed E-state index contributed by atoms with van der Waals surface area (Å²) in [6.07, 6.45) is 7.83. The standard InChI is InChI=1S/C28H30N4O2S2/c1-17-9-12-21(13-10-17)29-25-22(26(33)31-16-18(2)11-14-24(31)30-25)15-23-27(34)32(28(35)36-23)19(3)20-7-5-4-6-8-20/h4-8,11,14-17,19,21,29H,9-10,12-13H2,1-3H3/b23-15+. The molecule has 8 heteroatoms. The van der Waals surface area contributed by atoms with Crippen LogP contribution in [0.15, 0.2) is 58.4 Å². The zero-order valence-electron chi connectivity index (χ0n) is 20.7. The average Bonchev–Trinajstić information content (AvgIpc) is 3.16. The molecule has 186 valence electrons. The van der Waals surface area contributed by atoms with Gasteiger partial charge in [-0.25, -0.2) is 4.98 Å². The van der Waals surface area contributed by atoms with Crippen LogP contribution in [0.25, 0.3) is 11.7 Å². The van der Waals surface area contributed by atoms with Crippen LogP contribution in [-0.4, -0.2) is 30.6 Å². The van der Waals surface area contributed by atoms with E-state index >= 15 is 0 Å². The molecule has 1 atom stereocenters. The SMILES string of the molecule is Cc1ccc2nc(NC3CCC(C)CC3)c(/C=C3/SC(=S)N(C(C)c4ccccc4)C3=O)c(=O)n2c1. The Morgan fingerprint density at radius 2 is 1.83 bits per heavy atom. The van der Waals surface area contributed by atoms with E-state index < -0.39 is 0 Å². The number of rotatable bonds is 5. The largest absolute Gasteiger partial charge is 0.367 e. The molecule has 5 rings (SSSR count). The predicted octanol–water partition coefficient (Wildman–Crippen LogP) is 5.96. The van der Waals surface area contributed by atoms with E-state index in [1.54, 1.807) is 21.6 Å². The molecule has 3 aromatic rings. The number of pyridine rings is 1. The van der Waals surface area contributed by atoms with Crippen molar-refractivity contribution in [3.8, 4) is 0 Å². The van der Waals surface area contributed by atoms with Gasteiger partial charge in [0.25, 0.3) is 11.5 Å². The monoisotopic (exact) mass is 518 g/mol. The maximum Gasteiger partial charge on any atom is 0.267 e. The fourth-order valence-corrected chi connectivity index (χ4v) is 6.32. The molecule has 2 aromatic heterocycles. The Morgan fingerprint density at radius 1 is 1.11 bits per heavy atom. The van der Waals surface area contributed by atoms with Crippen LogP contribution in [0, 0.1) is 12.8 Å². The smallest absolute Gasteiger partial charge is 0.267 e. The molecular weight excluding hydrogens is 488 g/mol. The number of nitrogens with one attached hydrogen (secondary N) is 1. The Bertz CT molecular complexity index is 1410. The summed E-state index contributed by atoms with van der Waals surface area (Å²) in [5.74, 6) is 1.06. The van der Waals surface area contributed by atoms with E-state index in [1.807, 2.05) is 56.3 Å². The summed E-state index contributed by atoms with van der Waals surface area (Å²) in [5.41, 5.74) is 2.75. The van der Waals surface area contributed by atoms with Crippen LogP contribution >= 0.6 is 24.0 Å². The molecule has 6 nitrogen and oxygen atoms in total. The number of benzene rings is 1. The molecule has 1 aliphatic carbocycles. The van der Waals surface area contributed by atoms with Crippen molar-refractivity contribution in [1.82, 2.24) is 14.3 Å². The maximum absolute atomic E-state index is 13.7. The van der Waals surface area contributed by atoms with E-state index in [9.17, 15) is 9.59 Å². The average molecular weight is 519 g/mol. The molecule has 0 bridgehead atoms. The quantitative estimate of drug-likeness (QED) is 0.332. The zero-order chi connectivity index (χ0) is 25.4. The van der Waals surface area contributed by atoms with Crippen molar-refractivity contribution in [2.24, 2.45) is 5.92 Å². The van der Waals surface area contributed by atoms with Crippen LogP contribution in [-0.2, 0) is 4.79 Å². The van der Waals surface area contributed by atoms with Gasteiger partial charge in [0.05, 0.1) is 16.5 Å². The molecule has 1 saturated carbocycles. The summed E-state index contributed by atoms with van der Waals surface area (Å²) in [6, 6.07) is 13.7. The van der Waals surface area contributed by atoms with E-state index in [0.29, 0.717) is 32.2 Å². The van der Waals surface area contributed by atoms with Crippen molar-refractivity contribution in [3.05, 3.63) is 80.6 Å². The molecule has 3 heterocycles. The van der Waals surface area contributed by atoms with Gasteiger partial charge in [-0.3, -0.25) is 18.9 Å². The number of hydrogen-bond donors (Lipinski definition) is 1. The van der Waals surface area contributed by atoms with E-state index in [-0.39, 0.29) is 23.6 Å². The lowest BCUT2D eigenvalue weighted by molar-refractivity contribution is -0.123. The number of anilines is 1. The molecular formula is C28H30N4O2S2. The predicted molar refractivity (Wildman–Crippen MR) is 151 cm³/mol. The van der Waals surface area contributed by atoms with Gasteiger partial charge in [0.15, 0.2) is 0 Å². The summed E-state index contributed by atoms with van der Waals surface area (Å²) in [5, 5.41) is 3.54. The Labute approximate surface area is 220 Å². The molecule has 1 aromatic carbocycles. The lowest BCUT2D eigenvalue weighted by atomic mass is 9.87. The van der Waals surface area contributed by atoms with Gasteiger partial charge in [-0.2, -0.15) is 0 Å². The van der Waals surface area contributed by atoms with Crippen molar-refractivity contribution in [2.75, 3.05) is 5.32 Å². The number of nitrogens with zero attached hydrogens (tertiary/aromatic N) is 3. The van der Waals surface area contributed by atoms with Gasteiger partial charge in [-0.15, -0.1) is 0 Å². The Kier molecular flexibility index (Phi) is 6.99. The first-order chi connectivity index (χ1) is 17.3. The van der Waals surface area contributed by atoms with Gasteiger partial charge in [0, 0.05) is 12.2 Å². The minimum absolute atomic E-state index is 0.187. The molecule has 1 amide bonds. The maximum atomic E-state index is 13.7. The van der Waals surface area contributed by atoms with Gasteiger partial charge < -0.3 is 5.32 Å². The Hall–Kier alpha value is -2.97. The third kappa shape index (κ3) is 4.84. The molecule has 1 unspecified atom stereocenters. The number of carbonyl (C=O) groups excluding carboxylic acids is 1. The van der Waals surface area contributed by atoms with Crippen LogP contribution in [0.5, 0.6) is 0 Å². The molecule has 0 radical (unpaired) electrons. The lowest BCUT2D eigenvalue weighted by Gasteiger charge is -2.27. The normalized spacial score (nSPS) is 22.4. The highest BCUT2D eigenvalue weighted by atomic mass is 32.2. The Balaban J connectivity index is 1.54.